The molecule has 1 heterocycles. The smallest absolute Gasteiger partial charge is 0.244 e. The summed E-state index contributed by atoms with van der Waals surface area (Å²) in [6, 6.07) is 4.02. The molecule has 1 atom stereocenters. The van der Waals surface area contributed by atoms with Crippen molar-refractivity contribution in [3.8, 4) is 0 Å². The standard InChI is InChI=1S/C15H23NO2S/c1-4-12(5-2)14(17)10-16-15(18)9-8-13-7-6-11(3)19-13/h6-9,12,14,17H,4-5,10H2,1-3H3,(H,16,18)/b9-8+. The van der Waals surface area contributed by atoms with Crippen molar-refractivity contribution in [1.82, 2.24) is 5.32 Å². The molecule has 19 heavy (non-hydrogen) atoms. The second-order valence-corrected chi connectivity index (χ2v) is 5.99. The Labute approximate surface area is 119 Å². The maximum absolute atomic E-state index is 11.6. The molecule has 0 spiro atoms. The third-order valence-corrected chi connectivity index (χ3v) is 4.20. The van der Waals surface area contributed by atoms with E-state index in [2.05, 4.69) is 19.2 Å². The number of amides is 1. The molecule has 0 saturated heterocycles. The predicted molar refractivity (Wildman–Crippen MR) is 81.2 cm³/mol. The maximum atomic E-state index is 11.6. The summed E-state index contributed by atoms with van der Waals surface area (Å²) >= 11 is 1.65. The molecule has 0 fully saturated rings. The Morgan fingerprint density at radius 1 is 1.42 bits per heavy atom. The minimum Gasteiger partial charge on any atom is -0.391 e. The third kappa shape index (κ3) is 5.57. The summed E-state index contributed by atoms with van der Waals surface area (Å²) in [5.41, 5.74) is 0. The van der Waals surface area contributed by atoms with E-state index in [1.54, 1.807) is 17.4 Å². The van der Waals surface area contributed by atoms with Crippen molar-refractivity contribution in [2.45, 2.75) is 39.7 Å². The fraction of sp³-hybridized carbons (Fsp3) is 0.533. The number of nitrogens with one attached hydrogen (secondary N) is 1. The summed E-state index contributed by atoms with van der Waals surface area (Å²) in [6.07, 6.45) is 4.72. The quantitative estimate of drug-likeness (QED) is 0.755. The van der Waals surface area contributed by atoms with Gasteiger partial charge in [0.15, 0.2) is 0 Å². The topological polar surface area (TPSA) is 49.3 Å². The Kier molecular flexibility index (Phi) is 6.81. The van der Waals surface area contributed by atoms with Crippen molar-refractivity contribution in [3.05, 3.63) is 28.0 Å². The molecule has 0 aromatic carbocycles. The fourth-order valence-corrected chi connectivity index (χ4v) is 2.74. The Hall–Kier alpha value is -1.13. The molecule has 1 unspecified atom stereocenters. The molecule has 1 rings (SSSR count). The second kappa shape index (κ2) is 8.12. The van der Waals surface area contributed by atoms with Crippen LogP contribution in [0.25, 0.3) is 6.08 Å². The molecule has 106 valence electrons. The van der Waals surface area contributed by atoms with E-state index in [0.29, 0.717) is 6.54 Å². The van der Waals surface area contributed by atoms with Crippen molar-refractivity contribution in [3.63, 3.8) is 0 Å². The van der Waals surface area contributed by atoms with E-state index in [4.69, 9.17) is 0 Å². The van der Waals surface area contributed by atoms with Crippen LogP contribution in [0, 0.1) is 12.8 Å². The van der Waals surface area contributed by atoms with Crippen molar-refractivity contribution in [2.24, 2.45) is 5.92 Å². The number of aryl methyl sites for hydroxylation is 1. The lowest BCUT2D eigenvalue weighted by Crippen LogP contribution is -2.35. The van der Waals surface area contributed by atoms with E-state index in [1.807, 2.05) is 19.1 Å². The molecule has 3 nitrogen and oxygen atoms in total. The van der Waals surface area contributed by atoms with E-state index in [9.17, 15) is 9.90 Å². The zero-order chi connectivity index (χ0) is 14.3. The van der Waals surface area contributed by atoms with Gasteiger partial charge in [0.1, 0.15) is 0 Å². The largest absolute Gasteiger partial charge is 0.391 e. The van der Waals surface area contributed by atoms with E-state index >= 15 is 0 Å². The van der Waals surface area contributed by atoms with Crippen LogP contribution in [0.1, 0.15) is 36.4 Å². The number of aliphatic hydroxyl groups excluding tert-OH is 1. The number of thiophene rings is 1. The van der Waals surface area contributed by atoms with Gasteiger partial charge in [-0.25, -0.2) is 0 Å². The highest BCUT2D eigenvalue weighted by Gasteiger charge is 2.15. The van der Waals surface area contributed by atoms with Crippen LogP contribution in [-0.4, -0.2) is 23.7 Å². The summed E-state index contributed by atoms with van der Waals surface area (Å²) in [7, 11) is 0. The first-order valence-electron chi connectivity index (χ1n) is 6.77. The van der Waals surface area contributed by atoms with Gasteiger partial charge in [0, 0.05) is 22.4 Å². The second-order valence-electron chi connectivity index (χ2n) is 4.67. The van der Waals surface area contributed by atoms with Crippen LogP contribution in [0.5, 0.6) is 0 Å². The Morgan fingerprint density at radius 2 is 2.11 bits per heavy atom. The molecule has 0 radical (unpaired) electrons. The number of rotatable bonds is 7. The van der Waals surface area contributed by atoms with Gasteiger partial charge in [-0.1, -0.05) is 26.7 Å². The summed E-state index contributed by atoms with van der Waals surface area (Å²) in [6.45, 7) is 6.46. The first kappa shape index (κ1) is 15.9. The summed E-state index contributed by atoms with van der Waals surface area (Å²) in [5, 5.41) is 12.6. The first-order chi connectivity index (χ1) is 9.06. The van der Waals surface area contributed by atoms with Gasteiger partial charge in [-0.15, -0.1) is 11.3 Å². The van der Waals surface area contributed by atoms with Gasteiger partial charge in [0.25, 0.3) is 0 Å². The van der Waals surface area contributed by atoms with Gasteiger partial charge < -0.3 is 10.4 Å². The minimum atomic E-state index is -0.462. The molecule has 0 aliphatic rings. The van der Waals surface area contributed by atoms with Gasteiger partial charge in [0.2, 0.25) is 5.91 Å². The van der Waals surface area contributed by atoms with Gasteiger partial charge in [0.05, 0.1) is 6.10 Å². The maximum Gasteiger partial charge on any atom is 0.244 e. The number of carbonyl (C=O) groups excluding carboxylic acids is 1. The number of hydrogen-bond acceptors (Lipinski definition) is 3. The third-order valence-electron chi connectivity index (χ3n) is 3.24. The Morgan fingerprint density at radius 3 is 2.63 bits per heavy atom. The minimum absolute atomic E-state index is 0.156. The lowest BCUT2D eigenvalue weighted by atomic mass is 9.96. The van der Waals surface area contributed by atoms with Gasteiger partial charge in [-0.3, -0.25) is 4.79 Å². The molecule has 0 aliphatic carbocycles. The number of carbonyl (C=O) groups is 1. The Balaban J connectivity index is 2.37. The summed E-state index contributed by atoms with van der Waals surface area (Å²) < 4.78 is 0. The van der Waals surface area contributed by atoms with Crippen molar-refractivity contribution in [2.75, 3.05) is 6.54 Å². The molecule has 0 saturated carbocycles. The molecule has 4 heteroatoms. The predicted octanol–water partition coefficient (Wildman–Crippen LogP) is 2.98. The zero-order valence-corrected chi connectivity index (χ0v) is 12.7. The summed E-state index contributed by atoms with van der Waals surface area (Å²) in [5.74, 6) is 0.0975. The zero-order valence-electron chi connectivity index (χ0n) is 11.8. The average molecular weight is 281 g/mol. The normalized spacial score (nSPS) is 13.1. The lowest BCUT2D eigenvalue weighted by molar-refractivity contribution is -0.117. The molecule has 2 N–H and O–H groups in total. The van der Waals surface area contributed by atoms with Gasteiger partial charge >= 0.3 is 0 Å². The van der Waals surface area contributed by atoms with Crippen LogP contribution in [0.3, 0.4) is 0 Å². The van der Waals surface area contributed by atoms with Crippen LogP contribution in [0.4, 0.5) is 0 Å². The van der Waals surface area contributed by atoms with Crippen LogP contribution < -0.4 is 5.32 Å². The van der Waals surface area contributed by atoms with E-state index in [-0.39, 0.29) is 11.8 Å². The van der Waals surface area contributed by atoms with E-state index in [1.165, 1.54) is 11.0 Å². The highest BCUT2D eigenvalue weighted by atomic mass is 32.1. The molecule has 1 aromatic heterocycles. The molecular weight excluding hydrogens is 258 g/mol. The molecule has 1 aromatic rings. The summed E-state index contributed by atoms with van der Waals surface area (Å²) in [4.78, 5) is 13.9. The lowest BCUT2D eigenvalue weighted by Gasteiger charge is -2.19. The Bertz CT molecular complexity index is 422. The average Bonchev–Trinajstić information content (AvgIpc) is 2.81. The molecule has 1 amide bonds. The molecule has 0 bridgehead atoms. The van der Waals surface area contributed by atoms with Gasteiger partial charge in [-0.05, 0) is 31.1 Å². The van der Waals surface area contributed by atoms with E-state index < -0.39 is 6.10 Å². The van der Waals surface area contributed by atoms with Crippen molar-refractivity contribution < 1.29 is 9.90 Å². The van der Waals surface area contributed by atoms with Crippen molar-refractivity contribution in [1.29, 1.82) is 0 Å². The molecular formula is C15H23NO2S. The van der Waals surface area contributed by atoms with Crippen LogP contribution in [0.15, 0.2) is 18.2 Å². The highest BCUT2D eigenvalue weighted by molar-refractivity contribution is 7.12. The number of aliphatic hydroxyl groups is 1. The fourth-order valence-electron chi connectivity index (χ4n) is 1.96. The highest BCUT2D eigenvalue weighted by Crippen LogP contribution is 2.16. The first-order valence-corrected chi connectivity index (χ1v) is 7.58. The van der Waals surface area contributed by atoms with E-state index in [0.717, 1.165) is 17.7 Å². The van der Waals surface area contributed by atoms with Crippen molar-refractivity contribution >= 4 is 23.3 Å². The van der Waals surface area contributed by atoms with Crippen LogP contribution in [0.2, 0.25) is 0 Å². The van der Waals surface area contributed by atoms with Crippen LogP contribution in [-0.2, 0) is 4.79 Å². The SMILES string of the molecule is CCC(CC)C(O)CNC(=O)/C=C/c1ccc(C)s1. The molecule has 0 aliphatic heterocycles. The monoisotopic (exact) mass is 281 g/mol. The van der Waals surface area contributed by atoms with Gasteiger partial charge in [-0.2, -0.15) is 0 Å². The van der Waals surface area contributed by atoms with Crippen LogP contribution >= 0.6 is 11.3 Å². The number of hydrogen-bond donors (Lipinski definition) is 2.